The molecule has 0 atom stereocenters. The predicted octanol–water partition coefficient (Wildman–Crippen LogP) is 2.89. The molecule has 1 aromatic heterocycles. The van der Waals surface area contributed by atoms with Crippen LogP contribution >= 0.6 is 12.2 Å². The number of aliphatic imine (C=N–C) groups is 1. The molecule has 0 spiro atoms. The Morgan fingerprint density at radius 3 is 2.50 bits per heavy atom. The molecule has 0 radical (unpaired) electrons. The summed E-state index contributed by atoms with van der Waals surface area (Å²) in [7, 11) is 0. The molecule has 2 aromatic carbocycles. The van der Waals surface area contributed by atoms with Gasteiger partial charge in [-0.3, -0.25) is 19.3 Å². The van der Waals surface area contributed by atoms with Gasteiger partial charge in [0.2, 0.25) is 5.88 Å². The van der Waals surface area contributed by atoms with Crippen molar-refractivity contribution in [3.63, 3.8) is 0 Å². The fourth-order valence-electron chi connectivity index (χ4n) is 2.40. The number of carbonyl (C=O) groups is 1. The quantitative estimate of drug-likeness (QED) is 0.393. The number of carboxylic acids is 1. The monoisotopic (exact) mass is 401 g/mol. The van der Waals surface area contributed by atoms with E-state index in [-0.39, 0.29) is 21.6 Å². The van der Waals surface area contributed by atoms with E-state index in [2.05, 4.69) is 9.98 Å². The summed E-state index contributed by atoms with van der Waals surface area (Å²) in [4.78, 5) is 29.6. The van der Waals surface area contributed by atoms with E-state index in [1.54, 1.807) is 0 Å². The standard InChI is InChI=1S/C18H12FN3O5S/c19-9-1-4-11(5-2-9)22-16(25)13(15(24)21-18(22)28)8-20-10-3-6-14(23)12(7-10)17(26)27/h1-8,23,25H,(H,26,27)(H,21,24,28). The lowest BCUT2D eigenvalue weighted by Crippen LogP contribution is -2.18. The average molecular weight is 401 g/mol. The van der Waals surface area contributed by atoms with E-state index < -0.39 is 29.0 Å². The van der Waals surface area contributed by atoms with Gasteiger partial charge in [-0.15, -0.1) is 0 Å². The lowest BCUT2D eigenvalue weighted by molar-refractivity contribution is 0.0693. The molecule has 3 rings (SSSR count). The Bertz CT molecular complexity index is 1220. The topological polar surface area (TPSA) is 128 Å². The van der Waals surface area contributed by atoms with Crippen molar-refractivity contribution in [1.29, 1.82) is 0 Å². The maximum Gasteiger partial charge on any atom is 0.339 e. The second kappa shape index (κ2) is 7.45. The molecule has 3 aromatic rings. The average Bonchev–Trinajstić information content (AvgIpc) is 2.63. The lowest BCUT2D eigenvalue weighted by Gasteiger charge is -2.11. The Hall–Kier alpha value is -3.79. The summed E-state index contributed by atoms with van der Waals surface area (Å²) in [5.41, 5.74) is -0.892. The van der Waals surface area contributed by atoms with Crippen LogP contribution in [-0.4, -0.2) is 37.1 Å². The van der Waals surface area contributed by atoms with Gasteiger partial charge in [-0.05, 0) is 54.7 Å². The van der Waals surface area contributed by atoms with Gasteiger partial charge in [0, 0.05) is 6.21 Å². The molecule has 28 heavy (non-hydrogen) atoms. The largest absolute Gasteiger partial charge is 0.507 e. The molecule has 0 aliphatic heterocycles. The van der Waals surface area contributed by atoms with Gasteiger partial charge >= 0.3 is 5.97 Å². The van der Waals surface area contributed by atoms with Crippen molar-refractivity contribution < 1.29 is 24.5 Å². The Balaban J connectivity index is 2.09. The van der Waals surface area contributed by atoms with E-state index in [4.69, 9.17) is 17.3 Å². The minimum atomic E-state index is -1.35. The van der Waals surface area contributed by atoms with Crippen LogP contribution in [0.25, 0.3) is 5.69 Å². The molecule has 1 heterocycles. The van der Waals surface area contributed by atoms with E-state index >= 15 is 0 Å². The molecule has 0 amide bonds. The second-order valence-electron chi connectivity index (χ2n) is 5.57. The van der Waals surface area contributed by atoms with Crippen molar-refractivity contribution in [2.24, 2.45) is 4.99 Å². The van der Waals surface area contributed by atoms with Gasteiger partial charge in [0.1, 0.15) is 22.7 Å². The lowest BCUT2D eigenvalue weighted by atomic mass is 10.2. The maximum atomic E-state index is 13.1. The van der Waals surface area contributed by atoms with E-state index in [1.807, 2.05) is 0 Å². The number of aromatic carboxylic acids is 1. The second-order valence-corrected chi connectivity index (χ2v) is 5.96. The van der Waals surface area contributed by atoms with Gasteiger partial charge in [0.25, 0.3) is 5.56 Å². The Kier molecular flexibility index (Phi) is 5.05. The van der Waals surface area contributed by atoms with E-state index in [0.29, 0.717) is 5.69 Å². The summed E-state index contributed by atoms with van der Waals surface area (Å²) < 4.78 is 14.2. The van der Waals surface area contributed by atoms with Crippen LogP contribution in [0.1, 0.15) is 15.9 Å². The van der Waals surface area contributed by atoms with Crippen molar-refractivity contribution in [3.8, 4) is 17.3 Å². The number of benzene rings is 2. The molecule has 0 aliphatic rings. The van der Waals surface area contributed by atoms with Gasteiger partial charge in [-0.2, -0.15) is 0 Å². The molecule has 142 valence electrons. The summed E-state index contributed by atoms with van der Waals surface area (Å²) in [6.07, 6.45) is 1.03. The number of hydrogen-bond donors (Lipinski definition) is 4. The first kappa shape index (κ1) is 19.0. The molecule has 0 saturated heterocycles. The summed E-state index contributed by atoms with van der Waals surface area (Å²) in [6, 6.07) is 8.64. The number of aromatic nitrogens is 2. The molecular formula is C18H12FN3O5S. The highest BCUT2D eigenvalue weighted by Gasteiger charge is 2.13. The van der Waals surface area contributed by atoms with Crippen LogP contribution in [0.3, 0.4) is 0 Å². The first-order valence-electron chi connectivity index (χ1n) is 7.72. The van der Waals surface area contributed by atoms with Crippen LogP contribution in [-0.2, 0) is 0 Å². The number of hydrogen-bond acceptors (Lipinski definition) is 6. The van der Waals surface area contributed by atoms with Gasteiger partial charge in [0.15, 0.2) is 4.77 Å². The van der Waals surface area contributed by atoms with Crippen molar-refractivity contribution >= 4 is 30.1 Å². The third-order valence-electron chi connectivity index (χ3n) is 3.76. The first-order valence-corrected chi connectivity index (χ1v) is 8.13. The first-order chi connectivity index (χ1) is 13.3. The SMILES string of the molecule is O=C(O)c1cc(N=Cc2c(O)n(-c3ccc(F)cc3)c(=S)[nH]c2=O)ccc1O. The zero-order valence-electron chi connectivity index (χ0n) is 14.0. The predicted molar refractivity (Wildman–Crippen MR) is 101 cm³/mol. The van der Waals surface area contributed by atoms with E-state index in [1.165, 1.54) is 30.3 Å². The Labute approximate surface area is 161 Å². The smallest absolute Gasteiger partial charge is 0.339 e. The minimum Gasteiger partial charge on any atom is -0.507 e. The molecule has 8 nitrogen and oxygen atoms in total. The molecule has 0 aliphatic carbocycles. The molecule has 0 unspecified atom stereocenters. The minimum absolute atomic E-state index is 0.107. The number of halogens is 1. The van der Waals surface area contributed by atoms with Crippen molar-refractivity contribution in [2.45, 2.75) is 0 Å². The third kappa shape index (κ3) is 3.67. The molecule has 0 saturated carbocycles. The number of H-pyrrole nitrogens is 1. The van der Waals surface area contributed by atoms with Crippen molar-refractivity contribution in [1.82, 2.24) is 9.55 Å². The summed E-state index contributed by atoms with van der Waals surface area (Å²) >= 11 is 5.06. The fourth-order valence-corrected chi connectivity index (χ4v) is 2.68. The highest BCUT2D eigenvalue weighted by molar-refractivity contribution is 7.71. The summed E-state index contributed by atoms with van der Waals surface area (Å²) in [5.74, 6) is -2.79. The Morgan fingerprint density at radius 2 is 1.86 bits per heavy atom. The summed E-state index contributed by atoms with van der Waals surface area (Å²) in [5, 5.41) is 29.0. The number of carboxylic acid groups (broad SMARTS) is 1. The van der Waals surface area contributed by atoms with Gasteiger partial charge < -0.3 is 15.3 Å². The number of aromatic amines is 1. The van der Waals surface area contributed by atoms with E-state index in [9.17, 15) is 24.2 Å². The van der Waals surface area contributed by atoms with Crippen LogP contribution in [0.15, 0.2) is 52.3 Å². The van der Waals surface area contributed by atoms with Crippen LogP contribution in [0.2, 0.25) is 0 Å². The molecule has 0 fully saturated rings. The third-order valence-corrected chi connectivity index (χ3v) is 4.04. The van der Waals surface area contributed by atoms with E-state index in [0.717, 1.165) is 22.9 Å². The zero-order chi connectivity index (χ0) is 20.4. The maximum absolute atomic E-state index is 13.1. The van der Waals surface area contributed by atoms with Crippen LogP contribution in [0, 0.1) is 10.6 Å². The molecule has 10 heteroatoms. The van der Waals surface area contributed by atoms with Crippen LogP contribution in [0.4, 0.5) is 10.1 Å². The highest BCUT2D eigenvalue weighted by Crippen LogP contribution is 2.24. The van der Waals surface area contributed by atoms with Gasteiger partial charge in [-0.25, -0.2) is 9.18 Å². The number of rotatable bonds is 4. The number of aromatic hydroxyl groups is 2. The number of phenols is 1. The Morgan fingerprint density at radius 1 is 1.18 bits per heavy atom. The summed E-state index contributed by atoms with van der Waals surface area (Å²) in [6.45, 7) is 0. The van der Waals surface area contributed by atoms with Crippen LogP contribution < -0.4 is 5.56 Å². The molecule has 0 bridgehead atoms. The van der Waals surface area contributed by atoms with Gasteiger partial charge in [0.05, 0.1) is 11.4 Å². The normalized spacial score (nSPS) is 11.0. The number of nitrogens with one attached hydrogen (secondary N) is 1. The van der Waals surface area contributed by atoms with Crippen molar-refractivity contribution in [2.75, 3.05) is 0 Å². The molecular weight excluding hydrogens is 389 g/mol. The zero-order valence-corrected chi connectivity index (χ0v) is 14.8. The fraction of sp³-hybridized carbons (Fsp3) is 0. The highest BCUT2D eigenvalue weighted by atomic mass is 32.1. The molecule has 4 N–H and O–H groups in total. The van der Waals surface area contributed by atoms with Gasteiger partial charge in [-0.1, -0.05) is 0 Å². The number of nitrogens with zero attached hydrogens (tertiary/aromatic N) is 2. The van der Waals surface area contributed by atoms with Crippen LogP contribution in [0.5, 0.6) is 11.6 Å². The van der Waals surface area contributed by atoms with Crippen molar-refractivity contribution in [3.05, 3.63) is 74.5 Å².